The van der Waals surface area contributed by atoms with Gasteiger partial charge in [-0.15, -0.1) is 0 Å². The first-order valence-corrected chi connectivity index (χ1v) is 9.97. The van der Waals surface area contributed by atoms with E-state index in [0.717, 1.165) is 24.5 Å². The summed E-state index contributed by atoms with van der Waals surface area (Å²) in [5, 5.41) is 6.64. The van der Waals surface area contributed by atoms with Crippen molar-refractivity contribution in [1.29, 1.82) is 0 Å². The van der Waals surface area contributed by atoms with E-state index in [1.54, 1.807) is 0 Å². The van der Waals surface area contributed by atoms with Gasteiger partial charge in [0.05, 0.1) is 11.4 Å². The van der Waals surface area contributed by atoms with Crippen molar-refractivity contribution < 1.29 is 4.79 Å². The van der Waals surface area contributed by atoms with E-state index in [2.05, 4.69) is 41.6 Å². The van der Waals surface area contributed by atoms with E-state index in [9.17, 15) is 4.79 Å². The smallest absolute Gasteiger partial charge is 0.224 e. The number of hydrogen-bond acceptors (Lipinski definition) is 3. The van der Waals surface area contributed by atoms with E-state index >= 15 is 0 Å². The maximum atomic E-state index is 12.6. The van der Waals surface area contributed by atoms with E-state index < -0.39 is 0 Å². The molecule has 3 rings (SSSR count). The van der Waals surface area contributed by atoms with Crippen LogP contribution in [-0.4, -0.2) is 32.1 Å². The number of nitrogens with zero attached hydrogens (tertiary/aromatic N) is 1. The Morgan fingerprint density at radius 3 is 2.72 bits per heavy atom. The fraction of sp³-hybridized carbons (Fsp3) is 0.667. The molecule has 2 aliphatic rings. The first-order chi connectivity index (χ1) is 12.1. The molecule has 1 saturated carbocycles. The summed E-state index contributed by atoms with van der Waals surface area (Å²) in [6.45, 7) is 4.39. The van der Waals surface area contributed by atoms with Crippen LogP contribution in [0, 0.1) is 11.8 Å². The maximum Gasteiger partial charge on any atom is 0.224 e. The summed E-state index contributed by atoms with van der Waals surface area (Å²) in [5.41, 5.74) is 2.10. The van der Waals surface area contributed by atoms with Gasteiger partial charge >= 0.3 is 0 Å². The quantitative estimate of drug-likeness (QED) is 0.820. The number of nitrogens with one attached hydrogen (secondary N) is 2. The second-order valence-electron chi connectivity index (χ2n) is 7.90. The molecule has 2 atom stereocenters. The summed E-state index contributed by atoms with van der Waals surface area (Å²) >= 11 is 0. The standard InChI is InChI=1S/C21H33N3O/c1-16(17-8-7-13-22-15-17)14-21(25)23-19-11-5-6-12-20(19)24(2)18-9-3-4-10-18/h5-6,11-12,16-18,22H,3-4,7-10,13-15H2,1-2H3,(H,23,25). The van der Waals surface area contributed by atoms with Crippen LogP contribution in [0.4, 0.5) is 11.4 Å². The fourth-order valence-electron chi connectivity index (χ4n) is 4.40. The highest BCUT2D eigenvalue weighted by Crippen LogP contribution is 2.32. The third-order valence-electron chi connectivity index (χ3n) is 6.08. The topological polar surface area (TPSA) is 44.4 Å². The molecule has 2 fully saturated rings. The molecule has 0 spiro atoms. The van der Waals surface area contributed by atoms with Gasteiger partial charge in [0, 0.05) is 19.5 Å². The molecule has 4 nitrogen and oxygen atoms in total. The zero-order chi connectivity index (χ0) is 17.6. The summed E-state index contributed by atoms with van der Waals surface area (Å²) in [6, 6.07) is 8.84. The second kappa shape index (κ2) is 8.70. The molecule has 1 amide bonds. The van der Waals surface area contributed by atoms with Crippen molar-refractivity contribution in [3.63, 3.8) is 0 Å². The number of para-hydroxylation sites is 2. The van der Waals surface area contributed by atoms with Gasteiger partial charge in [-0.3, -0.25) is 4.79 Å². The Morgan fingerprint density at radius 1 is 1.24 bits per heavy atom. The number of amides is 1. The van der Waals surface area contributed by atoms with Crippen molar-refractivity contribution in [3.05, 3.63) is 24.3 Å². The second-order valence-corrected chi connectivity index (χ2v) is 7.90. The normalized spacial score (nSPS) is 22.6. The van der Waals surface area contributed by atoms with Gasteiger partial charge < -0.3 is 15.5 Å². The molecule has 1 aliphatic heterocycles. The van der Waals surface area contributed by atoms with E-state index in [-0.39, 0.29) is 5.91 Å². The first kappa shape index (κ1) is 18.2. The zero-order valence-electron chi connectivity index (χ0n) is 15.8. The van der Waals surface area contributed by atoms with Crippen LogP contribution in [0.2, 0.25) is 0 Å². The molecule has 0 bridgehead atoms. The summed E-state index contributed by atoms with van der Waals surface area (Å²) < 4.78 is 0. The Morgan fingerprint density at radius 2 is 2.00 bits per heavy atom. The Kier molecular flexibility index (Phi) is 6.35. The highest BCUT2D eigenvalue weighted by molar-refractivity contribution is 5.94. The lowest BCUT2D eigenvalue weighted by molar-refractivity contribution is -0.117. The van der Waals surface area contributed by atoms with Crippen molar-refractivity contribution >= 4 is 17.3 Å². The third-order valence-corrected chi connectivity index (χ3v) is 6.08. The summed E-state index contributed by atoms with van der Waals surface area (Å²) in [5.74, 6) is 1.19. The minimum absolute atomic E-state index is 0.144. The molecule has 25 heavy (non-hydrogen) atoms. The molecule has 2 N–H and O–H groups in total. The molecular formula is C21H33N3O. The minimum atomic E-state index is 0.144. The van der Waals surface area contributed by atoms with Gasteiger partial charge in [0.2, 0.25) is 5.91 Å². The van der Waals surface area contributed by atoms with Crippen molar-refractivity contribution in [2.45, 2.75) is 57.9 Å². The number of anilines is 2. The summed E-state index contributed by atoms with van der Waals surface area (Å²) in [6.07, 6.45) is 8.21. The van der Waals surface area contributed by atoms with Crippen molar-refractivity contribution in [3.8, 4) is 0 Å². The molecule has 1 saturated heterocycles. The van der Waals surface area contributed by atoms with Gasteiger partial charge in [0.15, 0.2) is 0 Å². The van der Waals surface area contributed by atoms with Gasteiger partial charge in [-0.2, -0.15) is 0 Å². The van der Waals surface area contributed by atoms with Crippen molar-refractivity contribution in [2.24, 2.45) is 11.8 Å². The Bertz CT molecular complexity index is 562. The Balaban J connectivity index is 1.60. The number of carbonyl (C=O) groups is 1. The van der Waals surface area contributed by atoms with Crippen LogP contribution in [0.15, 0.2) is 24.3 Å². The van der Waals surface area contributed by atoms with Crippen LogP contribution >= 0.6 is 0 Å². The molecule has 2 unspecified atom stereocenters. The van der Waals surface area contributed by atoms with Crippen LogP contribution in [-0.2, 0) is 4.79 Å². The van der Waals surface area contributed by atoms with Crippen LogP contribution in [0.3, 0.4) is 0 Å². The fourth-order valence-corrected chi connectivity index (χ4v) is 4.40. The Hall–Kier alpha value is -1.55. The maximum absolute atomic E-state index is 12.6. The van der Waals surface area contributed by atoms with Gasteiger partial charge in [-0.1, -0.05) is 31.9 Å². The molecular weight excluding hydrogens is 310 g/mol. The van der Waals surface area contributed by atoms with Crippen LogP contribution in [0.5, 0.6) is 0 Å². The largest absolute Gasteiger partial charge is 0.370 e. The molecule has 138 valence electrons. The molecule has 1 aromatic rings. The number of piperidine rings is 1. The average molecular weight is 344 g/mol. The third kappa shape index (κ3) is 4.75. The molecule has 1 aromatic carbocycles. The van der Waals surface area contributed by atoms with Crippen LogP contribution < -0.4 is 15.5 Å². The van der Waals surface area contributed by atoms with Crippen molar-refractivity contribution in [2.75, 3.05) is 30.4 Å². The monoisotopic (exact) mass is 343 g/mol. The average Bonchev–Trinajstić information content (AvgIpc) is 3.17. The predicted octanol–water partition coefficient (Wildman–Crippen LogP) is 4.03. The van der Waals surface area contributed by atoms with Gasteiger partial charge in [-0.05, 0) is 62.7 Å². The zero-order valence-corrected chi connectivity index (χ0v) is 15.8. The molecule has 1 heterocycles. The SMILES string of the molecule is CC(CC(=O)Nc1ccccc1N(C)C1CCCC1)C1CCCNC1. The van der Waals surface area contributed by atoms with E-state index in [0.29, 0.717) is 24.3 Å². The van der Waals surface area contributed by atoms with E-state index in [1.165, 1.54) is 38.5 Å². The lowest BCUT2D eigenvalue weighted by Crippen LogP contribution is -2.34. The van der Waals surface area contributed by atoms with Gasteiger partial charge in [0.25, 0.3) is 0 Å². The lowest BCUT2D eigenvalue weighted by atomic mass is 9.85. The predicted molar refractivity (Wildman–Crippen MR) is 105 cm³/mol. The molecule has 0 radical (unpaired) electrons. The highest BCUT2D eigenvalue weighted by Gasteiger charge is 2.24. The van der Waals surface area contributed by atoms with Crippen LogP contribution in [0.25, 0.3) is 0 Å². The highest BCUT2D eigenvalue weighted by atomic mass is 16.1. The Labute approximate surface area is 152 Å². The van der Waals surface area contributed by atoms with E-state index in [1.807, 2.05) is 12.1 Å². The lowest BCUT2D eigenvalue weighted by Gasteiger charge is -2.30. The number of hydrogen-bond donors (Lipinski definition) is 2. The molecule has 1 aliphatic carbocycles. The minimum Gasteiger partial charge on any atom is -0.370 e. The number of carbonyl (C=O) groups excluding carboxylic acids is 1. The molecule has 0 aromatic heterocycles. The van der Waals surface area contributed by atoms with Crippen molar-refractivity contribution in [1.82, 2.24) is 5.32 Å². The summed E-state index contributed by atoms with van der Waals surface area (Å²) in [4.78, 5) is 15.0. The molecule has 4 heteroatoms. The number of rotatable bonds is 6. The van der Waals surface area contributed by atoms with Gasteiger partial charge in [0.1, 0.15) is 0 Å². The first-order valence-electron chi connectivity index (χ1n) is 9.97. The van der Waals surface area contributed by atoms with E-state index in [4.69, 9.17) is 0 Å². The van der Waals surface area contributed by atoms with Crippen LogP contribution in [0.1, 0.15) is 51.9 Å². The number of benzene rings is 1. The summed E-state index contributed by atoms with van der Waals surface area (Å²) in [7, 11) is 2.16. The van der Waals surface area contributed by atoms with Gasteiger partial charge in [-0.25, -0.2) is 0 Å².